The highest BCUT2D eigenvalue weighted by Gasteiger charge is 2.10. The van der Waals surface area contributed by atoms with E-state index in [1.54, 1.807) is 28.9 Å². The Kier molecular flexibility index (Phi) is 5.06. The van der Waals surface area contributed by atoms with Gasteiger partial charge in [0.25, 0.3) is 0 Å². The molecule has 3 rings (SSSR count). The molecule has 8 heteroatoms. The number of halogens is 3. The third-order valence-corrected chi connectivity index (χ3v) is 4.60. The van der Waals surface area contributed by atoms with Gasteiger partial charge in [0.15, 0.2) is 5.82 Å². The smallest absolute Gasteiger partial charge is 0.216 e. The lowest BCUT2D eigenvalue weighted by Gasteiger charge is -2.05. The quantitative estimate of drug-likeness (QED) is 0.446. The van der Waals surface area contributed by atoms with E-state index in [1.165, 1.54) is 0 Å². The van der Waals surface area contributed by atoms with E-state index in [1.807, 2.05) is 25.1 Å². The van der Waals surface area contributed by atoms with Gasteiger partial charge in [-0.1, -0.05) is 40.9 Å². The Balaban J connectivity index is 2.06. The molecule has 0 saturated heterocycles. The van der Waals surface area contributed by atoms with Crippen LogP contribution in [-0.2, 0) is 0 Å². The normalized spacial score (nSPS) is 11.8. The average molecular weight is 398 g/mol. The lowest BCUT2D eigenvalue weighted by Crippen LogP contribution is -2.01. The summed E-state index contributed by atoms with van der Waals surface area (Å²) in [4.78, 5) is 0. The number of aromatic amines is 1. The summed E-state index contributed by atoms with van der Waals surface area (Å²) in [6, 6.07) is 12.6. The predicted molar refractivity (Wildman–Crippen MR) is 102 cm³/mol. The third-order valence-electron chi connectivity index (χ3n) is 3.34. The van der Waals surface area contributed by atoms with Crippen LogP contribution in [0.25, 0.3) is 11.4 Å². The summed E-state index contributed by atoms with van der Waals surface area (Å²) in [5.41, 5.74) is 2.41. The molecular formula is C16H11Cl3N4S. The molecule has 0 aliphatic rings. The molecule has 0 spiro atoms. The van der Waals surface area contributed by atoms with Crippen LogP contribution >= 0.6 is 47.0 Å². The van der Waals surface area contributed by atoms with Crippen LogP contribution in [-0.4, -0.2) is 20.6 Å². The molecule has 24 heavy (non-hydrogen) atoms. The molecule has 0 unspecified atom stereocenters. The van der Waals surface area contributed by atoms with E-state index in [-0.39, 0.29) is 0 Å². The van der Waals surface area contributed by atoms with Gasteiger partial charge in [-0.15, -0.1) is 0 Å². The Bertz CT molecular complexity index is 974. The first-order valence-electron chi connectivity index (χ1n) is 6.90. The van der Waals surface area contributed by atoms with E-state index in [4.69, 9.17) is 47.0 Å². The van der Waals surface area contributed by atoms with Crippen molar-refractivity contribution in [2.75, 3.05) is 0 Å². The predicted octanol–water partition coefficient (Wildman–Crippen LogP) is 5.84. The average Bonchev–Trinajstić information content (AvgIpc) is 2.92. The van der Waals surface area contributed by atoms with Crippen molar-refractivity contribution in [2.24, 2.45) is 5.10 Å². The highest BCUT2D eigenvalue weighted by molar-refractivity contribution is 7.71. The molecule has 0 fully saturated rings. The first kappa shape index (κ1) is 17.2. The fourth-order valence-electron chi connectivity index (χ4n) is 2.10. The van der Waals surface area contributed by atoms with E-state index in [9.17, 15) is 0 Å². The number of benzene rings is 2. The number of H-pyrrole nitrogens is 1. The molecule has 4 nitrogen and oxygen atoms in total. The van der Waals surface area contributed by atoms with Crippen molar-refractivity contribution in [2.45, 2.75) is 6.92 Å². The molecule has 0 atom stereocenters. The van der Waals surface area contributed by atoms with E-state index in [2.05, 4.69) is 15.3 Å². The van der Waals surface area contributed by atoms with E-state index < -0.39 is 0 Å². The van der Waals surface area contributed by atoms with E-state index >= 15 is 0 Å². The zero-order valence-electron chi connectivity index (χ0n) is 12.4. The second-order valence-electron chi connectivity index (χ2n) is 4.99. The van der Waals surface area contributed by atoms with Gasteiger partial charge in [0.05, 0.1) is 15.8 Å². The molecule has 1 aromatic heterocycles. The molecule has 0 aliphatic heterocycles. The molecule has 0 aliphatic carbocycles. The molecule has 0 saturated carbocycles. The van der Waals surface area contributed by atoms with Gasteiger partial charge in [-0.05, 0) is 61.1 Å². The van der Waals surface area contributed by atoms with Crippen molar-refractivity contribution in [3.8, 4) is 11.4 Å². The van der Waals surface area contributed by atoms with Crippen LogP contribution in [0.3, 0.4) is 0 Å². The van der Waals surface area contributed by atoms with E-state index in [0.717, 1.165) is 16.8 Å². The highest BCUT2D eigenvalue weighted by Crippen LogP contribution is 2.24. The van der Waals surface area contributed by atoms with E-state index in [0.29, 0.717) is 25.7 Å². The second kappa shape index (κ2) is 7.07. The van der Waals surface area contributed by atoms with Crippen molar-refractivity contribution in [1.82, 2.24) is 14.9 Å². The van der Waals surface area contributed by atoms with Gasteiger partial charge in [-0.2, -0.15) is 14.9 Å². The Morgan fingerprint density at radius 2 is 1.79 bits per heavy atom. The standard InChI is InChI=1S/C16H11Cl3N4S/c1-9(11-4-7-13(18)14(19)8-11)22-23-15(20-21-16(23)24)10-2-5-12(17)6-3-10/h2-8H,1H3,(H,21,24)/b22-9-. The van der Waals surface area contributed by atoms with Crippen molar-refractivity contribution in [1.29, 1.82) is 0 Å². The summed E-state index contributed by atoms with van der Waals surface area (Å²) in [5.74, 6) is 0.594. The molecule has 1 N–H and O–H groups in total. The van der Waals surface area contributed by atoms with Crippen LogP contribution in [0.15, 0.2) is 47.6 Å². The minimum absolute atomic E-state index is 0.388. The summed E-state index contributed by atoms with van der Waals surface area (Å²) >= 11 is 23.2. The molecule has 0 bridgehead atoms. The minimum atomic E-state index is 0.388. The number of rotatable bonds is 3. The SMILES string of the molecule is C/C(=N/n1c(-c2ccc(Cl)cc2)n[nH]c1=S)c1ccc(Cl)c(Cl)c1. The fraction of sp³-hybridized carbons (Fsp3) is 0.0625. The number of hydrogen-bond donors (Lipinski definition) is 1. The van der Waals surface area contributed by atoms with Crippen molar-refractivity contribution in [3.63, 3.8) is 0 Å². The van der Waals surface area contributed by atoms with Crippen molar-refractivity contribution in [3.05, 3.63) is 67.9 Å². The molecule has 2 aromatic carbocycles. The van der Waals surface area contributed by atoms with Crippen LogP contribution in [0.2, 0.25) is 15.1 Å². The molecule has 122 valence electrons. The van der Waals surface area contributed by atoms with Gasteiger partial charge in [0, 0.05) is 10.6 Å². The van der Waals surface area contributed by atoms with Gasteiger partial charge in [0.1, 0.15) is 0 Å². The van der Waals surface area contributed by atoms with Crippen molar-refractivity contribution >= 4 is 52.7 Å². The Morgan fingerprint density at radius 1 is 1.08 bits per heavy atom. The van der Waals surface area contributed by atoms with Crippen LogP contribution in [0.5, 0.6) is 0 Å². The lowest BCUT2D eigenvalue weighted by atomic mass is 10.1. The summed E-state index contributed by atoms with van der Waals surface area (Å²) in [7, 11) is 0. The maximum atomic E-state index is 6.07. The van der Waals surface area contributed by atoms with Gasteiger partial charge >= 0.3 is 0 Å². The Hall–Kier alpha value is -1.66. The van der Waals surface area contributed by atoms with Gasteiger partial charge in [-0.25, -0.2) is 5.10 Å². The van der Waals surface area contributed by atoms with Crippen LogP contribution < -0.4 is 0 Å². The fourth-order valence-corrected chi connectivity index (χ4v) is 2.70. The van der Waals surface area contributed by atoms with Gasteiger partial charge in [0.2, 0.25) is 4.77 Å². The molecule has 0 radical (unpaired) electrons. The first-order chi connectivity index (χ1) is 11.5. The van der Waals surface area contributed by atoms with Crippen LogP contribution in [0.4, 0.5) is 0 Å². The largest absolute Gasteiger partial charge is 0.250 e. The number of hydrogen-bond acceptors (Lipinski definition) is 3. The zero-order chi connectivity index (χ0) is 17.3. The zero-order valence-corrected chi connectivity index (χ0v) is 15.5. The molecule has 1 heterocycles. The monoisotopic (exact) mass is 396 g/mol. The summed E-state index contributed by atoms with van der Waals surface area (Å²) in [6.07, 6.45) is 0. The van der Waals surface area contributed by atoms with Gasteiger partial charge in [-0.3, -0.25) is 0 Å². The molecule has 3 aromatic rings. The summed E-state index contributed by atoms with van der Waals surface area (Å²) in [5, 5.41) is 13.2. The maximum absolute atomic E-state index is 6.07. The number of nitrogens with zero attached hydrogens (tertiary/aromatic N) is 3. The van der Waals surface area contributed by atoms with Crippen LogP contribution in [0, 0.1) is 4.77 Å². The maximum Gasteiger partial charge on any atom is 0.216 e. The molecule has 0 amide bonds. The van der Waals surface area contributed by atoms with Crippen LogP contribution in [0.1, 0.15) is 12.5 Å². The Morgan fingerprint density at radius 3 is 2.46 bits per heavy atom. The van der Waals surface area contributed by atoms with Crippen molar-refractivity contribution < 1.29 is 0 Å². The van der Waals surface area contributed by atoms with Gasteiger partial charge < -0.3 is 0 Å². The Labute approximate surface area is 158 Å². The number of aromatic nitrogens is 3. The lowest BCUT2D eigenvalue weighted by molar-refractivity contribution is 0.864. The second-order valence-corrected chi connectivity index (χ2v) is 6.62. The topological polar surface area (TPSA) is 46.0 Å². The summed E-state index contributed by atoms with van der Waals surface area (Å²) in [6.45, 7) is 1.86. The highest BCUT2D eigenvalue weighted by atomic mass is 35.5. The third kappa shape index (κ3) is 3.54. The number of nitrogens with one attached hydrogen (secondary N) is 1. The first-order valence-corrected chi connectivity index (χ1v) is 8.44. The summed E-state index contributed by atoms with van der Waals surface area (Å²) < 4.78 is 1.95. The minimum Gasteiger partial charge on any atom is -0.250 e. The molecular weight excluding hydrogens is 387 g/mol.